The average molecular weight is 235 g/mol. The van der Waals surface area contributed by atoms with Crippen LogP contribution in [0.3, 0.4) is 0 Å². The number of benzene rings is 1. The lowest BCUT2D eigenvalue weighted by Crippen LogP contribution is -2.33. The van der Waals surface area contributed by atoms with E-state index in [4.69, 9.17) is 11.6 Å². The van der Waals surface area contributed by atoms with E-state index in [0.717, 1.165) is 30.1 Å². The summed E-state index contributed by atoms with van der Waals surface area (Å²) in [5, 5.41) is 9.97. The Hall–Kier alpha value is -1.04. The third-order valence-corrected chi connectivity index (χ3v) is 3.47. The van der Waals surface area contributed by atoms with Crippen LogP contribution in [0, 0.1) is 11.3 Å². The first kappa shape index (κ1) is 11.4. The van der Waals surface area contributed by atoms with Crippen molar-refractivity contribution in [1.29, 1.82) is 5.26 Å². The predicted octanol–water partition coefficient (Wildman–Crippen LogP) is 2.87. The fourth-order valence-corrected chi connectivity index (χ4v) is 2.39. The molecule has 0 radical (unpaired) electrons. The van der Waals surface area contributed by atoms with Gasteiger partial charge in [-0.15, -0.1) is 0 Å². The van der Waals surface area contributed by atoms with E-state index in [0.29, 0.717) is 0 Å². The zero-order valence-corrected chi connectivity index (χ0v) is 9.95. The first-order valence-electron chi connectivity index (χ1n) is 5.68. The van der Waals surface area contributed by atoms with Crippen molar-refractivity contribution in [3.63, 3.8) is 0 Å². The second kappa shape index (κ2) is 5.34. The van der Waals surface area contributed by atoms with Crippen LogP contribution in [0.4, 0.5) is 0 Å². The highest BCUT2D eigenvalue weighted by Gasteiger charge is 2.22. The molecule has 1 atom stereocenters. The van der Waals surface area contributed by atoms with E-state index in [1.807, 2.05) is 24.3 Å². The zero-order chi connectivity index (χ0) is 11.4. The van der Waals surface area contributed by atoms with Crippen LogP contribution in [0.1, 0.15) is 18.4 Å². The molecule has 0 aromatic heterocycles. The minimum atomic E-state index is -0.0256. The van der Waals surface area contributed by atoms with Crippen molar-refractivity contribution in [2.24, 2.45) is 0 Å². The topological polar surface area (TPSA) is 27.0 Å². The molecule has 0 amide bonds. The number of rotatable bonds is 3. The molecule has 16 heavy (non-hydrogen) atoms. The SMILES string of the molecule is N#CC(Cc1ccccc1Cl)N1CCCC1. The van der Waals surface area contributed by atoms with Gasteiger partial charge >= 0.3 is 0 Å². The third-order valence-electron chi connectivity index (χ3n) is 3.10. The Balaban J connectivity index is 2.07. The van der Waals surface area contributed by atoms with Gasteiger partial charge in [0.2, 0.25) is 0 Å². The third kappa shape index (κ3) is 2.55. The summed E-state index contributed by atoms with van der Waals surface area (Å²) in [5.74, 6) is 0. The van der Waals surface area contributed by atoms with Crippen LogP contribution >= 0.6 is 11.6 Å². The molecule has 1 aromatic carbocycles. The molecule has 1 aliphatic rings. The molecule has 1 aliphatic heterocycles. The first-order chi connectivity index (χ1) is 7.81. The van der Waals surface area contributed by atoms with E-state index in [1.54, 1.807) is 0 Å². The molecule has 1 heterocycles. The van der Waals surface area contributed by atoms with Gasteiger partial charge in [0.05, 0.1) is 6.07 Å². The van der Waals surface area contributed by atoms with E-state index in [1.165, 1.54) is 12.8 Å². The van der Waals surface area contributed by atoms with Gasteiger partial charge in [-0.1, -0.05) is 29.8 Å². The standard InChI is InChI=1S/C13H15ClN2/c14-13-6-2-1-5-11(13)9-12(10-15)16-7-3-4-8-16/h1-2,5-6,12H,3-4,7-9H2. The molecule has 1 fully saturated rings. The second-order valence-corrected chi connectivity index (χ2v) is 4.59. The van der Waals surface area contributed by atoms with Gasteiger partial charge in [0.1, 0.15) is 6.04 Å². The number of nitriles is 1. The Morgan fingerprint density at radius 2 is 2.00 bits per heavy atom. The molecule has 2 rings (SSSR count). The molecule has 0 spiro atoms. The van der Waals surface area contributed by atoms with Gasteiger partial charge in [-0.05, 0) is 37.6 Å². The van der Waals surface area contributed by atoms with Crippen LogP contribution < -0.4 is 0 Å². The Bertz CT molecular complexity index is 391. The largest absolute Gasteiger partial charge is 0.288 e. The molecule has 1 aromatic rings. The highest BCUT2D eigenvalue weighted by Crippen LogP contribution is 2.20. The molecule has 0 aliphatic carbocycles. The minimum Gasteiger partial charge on any atom is -0.288 e. The van der Waals surface area contributed by atoms with Crippen molar-refractivity contribution in [2.45, 2.75) is 25.3 Å². The lowest BCUT2D eigenvalue weighted by molar-refractivity contribution is 0.288. The van der Waals surface area contributed by atoms with Gasteiger partial charge in [0.15, 0.2) is 0 Å². The molecule has 0 bridgehead atoms. The molecule has 1 unspecified atom stereocenters. The van der Waals surface area contributed by atoms with Crippen molar-refractivity contribution >= 4 is 11.6 Å². The minimum absolute atomic E-state index is 0.0256. The van der Waals surface area contributed by atoms with Gasteiger partial charge < -0.3 is 0 Å². The first-order valence-corrected chi connectivity index (χ1v) is 6.06. The predicted molar refractivity (Wildman–Crippen MR) is 65.4 cm³/mol. The van der Waals surface area contributed by atoms with Gasteiger partial charge in [0, 0.05) is 11.4 Å². The summed E-state index contributed by atoms with van der Waals surface area (Å²) >= 11 is 6.10. The lowest BCUT2D eigenvalue weighted by atomic mass is 10.1. The number of likely N-dealkylation sites (tertiary alicyclic amines) is 1. The van der Waals surface area contributed by atoms with Gasteiger partial charge in [-0.3, -0.25) is 4.90 Å². The van der Waals surface area contributed by atoms with E-state index < -0.39 is 0 Å². The van der Waals surface area contributed by atoms with Crippen LogP contribution in [-0.4, -0.2) is 24.0 Å². The highest BCUT2D eigenvalue weighted by atomic mass is 35.5. The maximum atomic E-state index is 9.20. The van der Waals surface area contributed by atoms with Crippen LogP contribution in [0.25, 0.3) is 0 Å². The molecular formula is C13H15ClN2. The average Bonchev–Trinajstić information content (AvgIpc) is 2.81. The summed E-state index contributed by atoms with van der Waals surface area (Å²) < 4.78 is 0. The monoisotopic (exact) mass is 234 g/mol. The number of hydrogen-bond acceptors (Lipinski definition) is 2. The molecule has 2 nitrogen and oxygen atoms in total. The molecule has 84 valence electrons. The van der Waals surface area contributed by atoms with Gasteiger partial charge in [-0.2, -0.15) is 5.26 Å². The Kier molecular flexibility index (Phi) is 3.82. The molecule has 0 saturated carbocycles. The summed E-state index contributed by atoms with van der Waals surface area (Å²) in [5.41, 5.74) is 1.07. The summed E-state index contributed by atoms with van der Waals surface area (Å²) in [6, 6.07) is 10.1. The van der Waals surface area contributed by atoms with Crippen LogP contribution in [0.5, 0.6) is 0 Å². The van der Waals surface area contributed by atoms with Crippen molar-refractivity contribution in [3.05, 3.63) is 34.9 Å². The summed E-state index contributed by atoms with van der Waals surface area (Å²) in [4.78, 5) is 2.25. The lowest BCUT2D eigenvalue weighted by Gasteiger charge is -2.21. The van der Waals surface area contributed by atoms with Gasteiger partial charge in [0.25, 0.3) is 0 Å². The molecule has 1 saturated heterocycles. The fourth-order valence-electron chi connectivity index (χ4n) is 2.18. The zero-order valence-electron chi connectivity index (χ0n) is 9.19. The molecule has 0 N–H and O–H groups in total. The van der Waals surface area contributed by atoms with Crippen molar-refractivity contribution < 1.29 is 0 Å². The van der Waals surface area contributed by atoms with E-state index in [9.17, 15) is 5.26 Å². The summed E-state index contributed by atoms with van der Waals surface area (Å²) in [6.07, 6.45) is 3.15. The van der Waals surface area contributed by atoms with E-state index in [-0.39, 0.29) is 6.04 Å². The van der Waals surface area contributed by atoms with Crippen LogP contribution in [-0.2, 0) is 6.42 Å². The quantitative estimate of drug-likeness (QED) is 0.804. The fraction of sp³-hybridized carbons (Fsp3) is 0.462. The van der Waals surface area contributed by atoms with Crippen molar-refractivity contribution in [3.8, 4) is 6.07 Å². The Morgan fingerprint density at radius 3 is 2.62 bits per heavy atom. The summed E-state index contributed by atoms with van der Waals surface area (Å²) in [6.45, 7) is 2.09. The number of nitrogens with zero attached hydrogens (tertiary/aromatic N) is 2. The number of halogens is 1. The number of hydrogen-bond donors (Lipinski definition) is 0. The Labute approximate surface area is 101 Å². The van der Waals surface area contributed by atoms with E-state index >= 15 is 0 Å². The maximum Gasteiger partial charge on any atom is 0.102 e. The van der Waals surface area contributed by atoms with Crippen molar-refractivity contribution in [2.75, 3.05) is 13.1 Å². The second-order valence-electron chi connectivity index (χ2n) is 4.18. The molecular weight excluding hydrogens is 220 g/mol. The highest BCUT2D eigenvalue weighted by molar-refractivity contribution is 6.31. The molecule has 3 heteroatoms. The maximum absolute atomic E-state index is 9.20. The summed E-state index contributed by atoms with van der Waals surface area (Å²) in [7, 11) is 0. The van der Waals surface area contributed by atoms with Gasteiger partial charge in [-0.25, -0.2) is 0 Å². The van der Waals surface area contributed by atoms with Crippen molar-refractivity contribution in [1.82, 2.24) is 4.90 Å². The smallest absolute Gasteiger partial charge is 0.102 e. The van der Waals surface area contributed by atoms with E-state index in [2.05, 4.69) is 11.0 Å². The Morgan fingerprint density at radius 1 is 1.31 bits per heavy atom. The van der Waals surface area contributed by atoms with Crippen LogP contribution in [0.15, 0.2) is 24.3 Å². The normalized spacial score (nSPS) is 18.2. The van der Waals surface area contributed by atoms with Crippen LogP contribution in [0.2, 0.25) is 5.02 Å².